The minimum absolute atomic E-state index is 0.140. The second-order valence-corrected chi connectivity index (χ2v) is 6.63. The Balaban J connectivity index is 1.56. The molecule has 0 aliphatic carbocycles. The molecule has 0 saturated heterocycles. The number of carbonyl (C=O) groups is 1. The first-order chi connectivity index (χ1) is 13.6. The fourth-order valence-corrected chi connectivity index (χ4v) is 3.38. The molecule has 0 aliphatic heterocycles. The van der Waals surface area contributed by atoms with Crippen LogP contribution in [0.25, 0.3) is 10.2 Å². The van der Waals surface area contributed by atoms with E-state index in [0.717, 1.165) is 4.70 Å². The summed E-state index contributed by atoms with van der Waals surface area (Å²) in [5.41, 5.74) is 0.570. The zero-order valence-corrected chi connectivity index (χ0v) is 15.4. The van der Waals surface area contributed by atoms with Gasteiger partial charge in [-0.3, -0.25) is 15.1 Å². The average Bonchev–Trinajstić information content (AvgIpc) is 3.10. The molecule has 8 nitrogen and oxygen atoms in total. The lowest BCUT2D eigenvalue weighted by Crippen LogP contribution is -2.13. The van der Waals surface area contributed by atoms with E-state index in [1.807, 2.05) is 12.1 Å². The van der Waals surface area contributed by atoms with Gasteiger partial charge < -0.3 is 14.6 Å². The molecule has 0 unspecified atom stereocenters. The molecule has 0 atom stereocenters. The van der Waals surface area contributed by atoms with Crippen molar-refractivity contribution in [3.05, 3.63) is 60.7 Å². The van der Waals surface area contributed by atoms with Crippen molar-refractivity contribution >= 4 is 32.6 Å². The normalized spacial score (nSPS) is 10.6. The van der Waals surface area contributed by atoms with E-state index >= 15 is 0 Å². The molecule has 140 valence electrons. The van der Waals surface area contributed by atoms with Crippen molar-refractivity contribution in [1.82, 2.24) is 15.0 Å². The van der Waals surface area contributed by atoms with E-state index in [4.69, 9.17) is 9.47 Å². The molecule has 4 rings (SSSR count). The number of aromatic nitrogens is 3. The number of rotatable bonds is 5. The Morgan fingerprint density at radius 3 is 2.86 bits per heavy atom. The second-order valence-electron chi connectivity index (χ2n) is 5.60. The van der Waals surface area contributed by atoms with E-state index in [2.05, 4.69) is 20.3 Å². The van der Waals surface area contributed by atoms with E-state index in [9.17, 15) is 9.90 Å². The van der Waals surface area contributed by atoms with Gasteiger partial charge in [-0.2, -0.15) is 0 Å². The van der Waals surface area contributed by atoms with Gasteiger partial charge in [0.05, 0.1) is 23.5 Å². The van der Waals surface area contributed by atoms with E-state index < -0.39 is 5.91 Å². The summed E-state index contributed by atoms with van der Waals surface area (Å²) in [4.78, 5) is 24.7. The summed E-state index contributed by atoms with van der Waals surface area (Å²) in [6, 6.07) is 10.5. The quantitative estimate of drug-likeness (QED) is 0.529. The Bertz CT molecular complexity index is 1150. The molecule has 4 aromatic rings. The number of hydrogen-bond acceptors (Lipinski definition) is 8. The molecule has 28 heavy (non-hydrogen) atoms. The fraction of sp³-hybridized carbons (Fsp3) is 0.0526. The number of hydrogen-bond donors (Lipinski definition) is 2. The topological polar surface area (TPSA) is 106 Å². The summed E-state index contributed by atoms with van der Waals surface area (Å²) in [6.45, 7) is 0. The number of carbonyl (C=O) groups excluding carboxylic acids is 1. The second kappa shape index (κ2) is 7.49. The van der Waals surface area contributed by atoms with Crippen LogP contribution in [0.1, 0.15) is 10.5 Å². The molecule has 0 radical (unpaired) electrons. The van der Waals surface area contributed by atoms with Gasteiger partial charge in [0, 0.05) is 24.5 Å². The number of aromatic hydroxyl groups is 1. The number of fused-ring (bicyclic) bond motifs is 1. The van der Waals surface area contributed by atoms with Gasteiger partial charge in [-0.1, -0.05) is 11.3 Å². The maximum atomic E-state index is 12.4. The van der Waals surface area contributed by atoms with Gasteiger partial charge in [0.2, 0.25) is 0 Å². The molecule has 1 aromatic carbocycles. The van der Waals surface area contributed by atoms with Crippen molar-refractivity contribution in [2.75, 3.05) is 12.4 Å². The van der Waals surface area contributed by atoms with Gasteiger partial charge in [0.25, 0.3) is 5.91 Å². The average molecular weight is 394 g/mol. The van der Waals surface area contributed by atoms with Gasteiger partial charge >= 0.3 is 0 Å². The van der Waals surface area contributed by atoms with Gasteiger partial charge in [-0.15, -0.1) is 0 Å². The lowest BCUT2D eigenvalue weighted by molar-refractivity contribution is 0.101. The zero-order valence-electron chi connectivity index (χ0n) is 14.6. The first kappa shape index (κ1) is 17.7. The van der Waals surface area contributed by atoms with Crippen LogP contribution in [0.3, 0.4) is 0 Å². The Hall–Kier alpha value is -3.72. The number of thiazole rings is 1. The summed E-state index contributed by atoms with van der Waals surface area (Å²) in [6.07, 6.45) is 4.67. The lowest BCUT2D eigenvalue weighted by atomic mass is 10.3. The standard InChI is InChI=1S/C19H14N4O4S/c1-26-14-6-8-21-16(17(14)24)18(25)23-19-22-13-5-4-11(9-15(13)28-19)27-12-3-2-7-20-10-12/h2-10,24H,1H3,(H,22,23,25). The summed E-state index contributed by atoms with van der Waals surface area (Å²) in [5.74, 6) is 0.522. The molecular formula is C19H14N4O4S. The minimum atomic E-state index is -0.581. The third kappa shape index (κ3) is 3.55. The maximum absolute atomic E-state index is 12.4. The van der Waals surface area contributed by atoms with Crippen LogP contribution < -0.4 is 14.8 Å². The van der Waals surface area contributed by atoms with Crippen LogP contribution in [-0.4, -0.2) is 33.1 Å². The molecule has 9 heteroatoms. The highest BCUT2D eigenvalue weighted by molar-refractivity contribution is 7.22. The van der Waals surface area contributed by atoms with Crippen molar-refractivity contribution < 1.29 is 19.4 Å². The van der Waals surface area contributed by atoms with Crippen molar-refractivity contribution in [2.45, 2.75) is 0 Å². The Labute approximate surface area is 163 Å². The van der Waals surface area contributed by atoms with E-state index in [0.29, 0.717) is 22.1 Å². The third-order valence-corrected chi connectivity index (χ3v) is 4.71. The largest absolute Gasteiger partial charge is 0.503 e. The molecule has 1 amide bonds. The number of nitrogens with one attached hydrogen (secondary N) is 1. The minimum Gasteiger partial charge on any atom is -0.503 e. The predicted molar refractivity (Wildman–Crippen MR) is 104 cm³/mol. The van der Waals surface area contributed by atoms with Gasteiger partial charge in [-0.25, -0.2) is 9.97 Å². The van der Waals surface area contributed by atoms with Gasteiger partial charge in [-0.05, 0) is 24.3 Å². The van der Waals surface area contributed by atoms with Crippen LogP contribution in [0.4, 0.5) is 5.13 Å². The van der Waals surface area contributed by atoms with E-state index in [-0.39, 0.29) is 17.2 Å². The number of pyridine rings is 2. The number of nitrogens with zero attached hydrogens (tertiary/aromatic N) is 3. The van der Waals surface area contributed by atoms with Crippen LogP contribution in [0, 0.1) is 0 Å². The predicted octanol–water partition coefficient (Wildman–Crippen LogP) is 3.85. The van der Waals surface area contributed by atoms with Crippen molar-refractivity contribution in [3.63, 3.8) is 0 Å². The first-order valence-electron chi connectivity index (χ1n) is 8.16. The third-order valence-electron chi connectivity index (χ3n) is 3.77. The highest BCUT2D eigenvalue weighted by atomic mass is 32.1. The zero-order chi connectivity index (χ0) is 19.5. The highest BCUT2D eigenvalue weighted by Crippen LogP contribution is 2.32. The first-order valence-corrected chi connectivity index (χ1v) is 8.97. The highest BCUT2D eigenvalue weighted by Gasteiger charge is 2.18. The molecule has 2 N–H and O–H groups in total. The van der Waals surface area contributed by atoms with Crippen molar-refractivity contribution in [1.29, 1.82) is 0 Å². The van der Waals surface area contributed by atoms with Crippen LogP contribution in [-0.2, 0) is 0 Å². The smallest absolute Gasteiger partial charge is 0.280 e. The van der Waals surface area contributed by atoms with Gasteiger partial charge in [0.15, 0.2) is 22.3 Å². The number of anilines is 1. The van der Waals surface area contributed by atoms with Crippen LogP contribution in [0.15, 0.2) is 55.0 Å². The Kier molecular flexibility index (Phi) is 4.73. The number of methoxy groups -OCH3 is 1. The van der Waals surface area contributed by atoms with E-state index in [1.165, 1.54) is 30.7 Å². The lowest BCUT2D eigenvalue weighted by Gasteiger charge is -2.06. The summed E-state index contributed by atoms with van der Waals surface area (Å²) in [7, 11) is 1.40. The molecule has 0 fully saturated rings. The van der Waals surface area contributed by atoms with Crippen LogP contribution >= 0.6 is 11.3 Å². The molecular weight excluding hydrogens is 380 g/mol. The maximum Gasteiger partial charge on any atom is 0.280 e. The molecule has 3 aromatic heterocycles. The molecule has 0 bridgehead atoms. The molecule has 0 saturated carbocycles. The summed E-state index contributed by atoms with van der Waals surface area (Å²) < 4.78 is 11.6. The number of benzene rings is 1. The van der Waals surface area contributed by atoms with Crippen molar-refractivity contribution in [3.8, 4) is 23.0 Å². The fourth-order valence-electron chi connectivity index (χ4n) is 2.49. The Morgan fingerprint density at radius 2 is 2.07 bits per heavy atom. The molecule has 3 heterocycles. The number of ether oxygens (including phenoxy) is 2. The molecule has 0 aliphatic rings. The SMILES string of the molecule is COc1ccnc(C(=O)Nc2nc3ccc(Oc4cccnc4)cc3s2)c1O. The summed E-state index contributed by atoms with van der Waals surface area (Å²) in [5, 5.41) is 13.1. The van der Waals surface area contributed by atoms with Crippen molar-refractivity contribution in [2.24, 2.45) is 0 Å². The van der Waals surface area contributed by atoms with E-state index in [1.54, 1.807) is 30.6 Å². The Morgan fingerprint density at radius 1 is 1.18 bits per heavy atom. The van der Waals surface area contributed by atoms with Crippen LogP contribution in [0.2, 0.25) is 0 Å². The summed E-state index contributed by atoms with van der Waals surface area (Å²) >= 11 is 1.28. The van der Waals surface area contributed by atoms with Gasteiger partial charge in [0.1, 0.15) is 11.5 Å². The number of amides is 1. The molecule has 0 spiro atoms. The monoisotopic (exact) mass is 394 g/mol. The van der Waals surface area contributed by atoms with Crippen LogP contribution in [0.5, 0.6) is 23.0 Å².